The molecule has 0 amide bonds. The van der Waals surface area contributed by atoms with E-state index in [4.69, 9.17) is 0 Å². The molecule has 0 unspecified atom stereocenters. The minimum absolute atomic E-state index is 0.0413. The van der Waals surface area contributed by atoms with Gasteiger partial charge in [-0.05, 0) is 0 Å². The molecule has 0 bridgehead atoms. The second-order valence-corrected chi connectivity index (χ2v) is 13.3. The van der Waals surface area contributed by atoms with Crippen molar-refractivity contribution in [1.82, 2.24) is 4.98 Å². The Morgan fingerprint density at radius 3 is 1.00 bits per heavy atom. The van der Waals surface area contributed by atoms with E-state index in [9.17, 15) is 62.3 Å². The average Bonchev–Trinajstić information content (AvgIpc) is 3.29. The Kier molecular flexibility index (Phi) is 14.0. The number of aromatic nitrogens is 2. The smallest absolute Gasteiger partial charge is 0.268 e. The van der Waals surface area contributed by atoms with E-state index in [0.717, 1.165) is 0 Å². The van der Waals surface area contributed by atoms with Crippen LogP contribution in [0.2, 0.25) is 0 Å². The van der Waals surface area contributed by atoms with E-state index in [0.29, 0.717) is 11.3 Å². The Morgan fingerprint density at radius 1 is 0.438 bits per heavy atom. The van der Waals surface area contributed by atoms with Crippen molar-refractivity contribution in [3.8, 4) is 0 Å². The second kappa shape index (κ2) is 18.4. The summed E-state index contributed by atoms with van der Waals surface area (Å²) in [6.45, 7) is 0.126. The lowest BCUT2D eigenvalue weighted by atomic mass is 9.12. The van der Waals surface area contributed by atoms with Crippen LogP contribution in [-0.4, -0.2) is 28.0 Å². The van der Waals surface area contributed by atoms with Crippen LogP contribution in [0.15, 0.2) is 48.9 Å². The Bertz CT molecular complexity index is 2520. The molecule has 26 heteroatoms. The van der Waals surface area contributed by atoms with E-state index in [1.54, 1.807) is 29.1 Å². The van der Waals surface area contributed by atoms with Crippen LogP contribution in [0.25, 0.3) is 0 Å². The number of halogens is 21. The van der Waals surface area contributed by atoms with Gasteiger partial charge in [-0.25, -0.2) is 87.8 Å². The maximum atomic E-state index is 15.4. The summed E-state index contributed by atoms with van der Waals surface area (Å²) in [6.07, 6.45) is -2.55. The molecule has 64 heavy (non-hydrogen) atoms. The van der Waals surface area contributed by atoms with Crippen LogP contribution in [0.5, 0.6) is 0 Å². The summed E-state index contributed by atoms with van der Waals surface area (Å²) in [5, 5.41) is 0.207. The predicted octanol–water partition coefficient (Wildman–Crippen LogP) is 7.68. The largest absolute Gasteiger partial charge is 0.287 e. The van der Waals surface area contributed by atoms with Gasteiger partial charge < -0.3 is 0 Å². The number of rotatable bonds is 9. The molecule has 0 fully saturated rings. The fourth-order valence-electron chi connectivity index (χ4n) is 6.57. The Morgan fingerprint density at radius 2 is 0.719 bits per heavy atom. The highest BCUT2D eigenvalue weighted by atomic mass is 79.9. The van der Waals surface area contributed by atoms with E-state index < -0.39 is 144 Å². The molecule has 0 saturated carbocycles. The molecular weight excluding hydrogens is 987 g/mol. The number of carbonyl (C=O) groups is 2. The van der Waals surface area contributed by atoms with Crippen molar-refractivity contribution in [2.45, 2.75) is 6.54 Å². The summed E-state index contributed by atoms with van der Waals surface area (Å²) in [7, 11) is 0. The molecule has 0 N–H and O–H groups in total. The number of benzene rings is 5. The van der Waals surface area contributed by atoms with Gasteiger partial charge in [-0.1, -0.05) is 46.3 Å². The second-order valence-electron chi connectivity index (χ2n) is 12.7. The number of ketones is 2. The molecule has 5 aromatic carbocycles. The van der Waals surface area contributed by atoms with Gasteiger partial charge in [0.25, 0.3) is 5.69 Å². The molecule has 336 valence electrons. The maximum Gasteiger partial charge on any atom is 0.268 e. The molecule has 0 aliphatic rings. The number of alkyl halides is 1. The average molecular weight is 999 g/mol. The molecule has 0 atom stereocenters. The molecule has 6 rings (SSSR count). The monoisotopic (exact) mass is 998 g/mol. The molecule has 0 radical (unpaired) electrons. The number of hydrogen-bond donors (Lipinski definition) is 0. The molecule has 1 heterocycles. The quantitative estimate of drug-likeness (QED) is 0.0285. The first kappa shape index (κ1) is 48.7. The summed E-state index contributed by atoms with van der Waals surface area (Å²) < 4.78 is 296. The van der Waals surface area contributed by atoms with Crippen molar-refractivity contribution >= 4 is 55.5 Å². The maximum absolute atomic E-state index is 15.4. The molecule has 6 aromatic rings. The zero-order valence-electron chi connectivity index (χ0n) is 30.3. The first-order valence-corrected chi connectivity index (χ1v) is 17.8. The highest BCUT2D eigenvalue weighted by molar-refractivity contribution is 9.09. The Hall–Kier alpha value is -6.34. The van der Waals surface area contributed by atoms with Crippen LogP contribution < -0.4 is 26.4 Å². The molecule has 1 aromatic heterocycles. The lowest BCUT2D eigenvalue weighted by Gasteiger charge is -2.44. The van der Waals surface area contributed by atoms with Gasteiger partial charge in [0.05, 0.1) is 11.5 Å². The topological polar surface area (TPSA) is 50.9 Å². The lowest BCUT2D eigenvalue weighted by Crippen LogP contribution is -2.81. The number of carbonyl (C=O) groups excluding carboxylic acids is 2. The first-order valence-electron chi connectivity index (χ1n) is 16.7. The van der Waals surface area contributed by atoms with Gasteiger partial charge in [0.2, 0.25) is 18.1 Å². The molecule has 0 aliphatic heterocycles. The highest BCUT2D eigenvalue weighted by Gasteiger charge is 2.52. The van der Waals surface area contributed by atoms with Crippen molar-refractivity contribution in [1.29, 1.82) is 0 Å². The van der Waals surface area contributed by atoms with E-state index >= 15 is 35.1 Å². The predicted molar refractivity (Wildman–Crippen MR) is 183 cm³/mol. The zero-order chi connectivity index (χ0) is 48.0. The van der Waals surface area contributed by atoms with Crippen molar-refractivity contribution in [2.24, 2.45) is 0 Å². The Labute approximate surface area is 350 Å². The van der Waals surface area contributed by atoms with Crippen molar-refractivity contribution in [2.75, 3.05) is 5.33 Å². The number of nitrogens with zero attached hydrogens (tertiary/aromatic N) is 2. The lowest BCUT2D eigenvalue weighted by molar-refractivity contribution is -0.685. The van der Waals surface area contributed by atoms with Crippen LogP contribution in [0.1, 0.15) is 20.8 Å². The number of hydrogen-bond acceptors (Lipinski definition) is 3. The SMILES string of the molecule is Fc1c(F)c(F)c([B-](c2c(F)c(F)c(F)c(F)c2F)(c2c(F)c(F)c(F)c(F)c2F)c2c(F)c(F)c(F)c(F)c2F)c(F)c1F.O=C(C[n+]1ccncc1C(=O)CBr)c1ccccc1. The summed E-state index contributed by atoms with van der Waals surface area (Å²) in [5.41, 5.74) is -13.3. The normalized spacial score (nSPS) is 11.5. The van der Waals surface area contributed by atoms with E-state index in [-0.39, 0.29) is 23.4 Å². The van der Waals surface area contributed by atoms with Crippen LogP contribution in [0, 0.1) is 116 Å². The fraction of sp³-hybridized carbons (Fsp3) is 0.0526. The highest BCUT2D eigenvalue weighted by Crippen LogP contribution is 2.30. The van der Waals surface area contributed by atoms with Crippen LogP contribution in [0.3, 0.4) is 0 Å². The fourth-order valence-corrected chi connectivity index (χ4v) is 6.86. The van der Waals surface area contributed by atoms with Gasteiger partial charge in [0.15, 0.2) is 76.0 Å². The van der Waals surface area contributed by atoms with Crippen molar-refractivity contribution in [3.05, 3.63) is 177 Å². The third-order valence-electron chi connectivity index (χ3n) is 9.36. The summed E-state index contributed by atoms with van der Waals surface area (Å²) in [5.74, 6) is -71.5. The first-order chi connectivity index (χ1) is 29.9. The van der Waals surface area contributed by atoms with Crippen LogP contribution >= 0.6 is 15.9 Å². The van der Waals surface area contributed by atoms with Crippen molar-refractivity contribution < 1.29 is 102 Å². The molecule has 0 saturated heterocycles. The third kappa shape index (κ3) is 7.73. The minimum Gasteiger partial charge on any atom is -0.287 e. The van der Waals surface area contributed by atoms with Gasteiger partial charge in [-0.15, -0.1) is 21.9 Å². The van der Waals surface area contributed by atoms with Gasteiger partial charge in [0.1, 0.15) is 58.9 Å². The number of Topliss-reactive ketones (excluding diaryl/α,β-unsaturated/α-hetero) is 2. The van der Waals surface area contributed by atoms with Gasteiger partial charge in [-0.3, -0.25) is 14.6 Å². The van der Waals surface area contributed by atoms with Crippen LogP contribution in [0.4, 0.5) is 87.8 Å². The van der Waals surface area contributed by atoms with Gasteiger partial charge >= 0.3 is 0 Å². The summed E-state index contributed by atoms with van der Waals surface area (Å²) in [4.78, 5) is 27.8. The molecular formula is C38H12BBrF20N2O2. The van der Waals surface area contributed by atoms with E-state index in [1.165, 1.54) is 6.20 Å². The molecule has 0 aliphatic carbocycles. The van der Waals surface area contributed by atoms with E-state index in [1.807, 2.05) is 18.2 Å². The Balaban J connectivity index is 0.000000337. The van der Waals surface area contributed by atoms with Gasteiger partial charge in [0, 0.05) is 5.56 Å². The molecule has 0 spiro atoms. The summed E-state index contributed by atoms with van der Waals surface area (Å²) in [6, 6.07) is 9.01. The summed E-state index contributed by atoms with van der Waals surface area (Å²) >= 11 is 3.12. The van der Waals surface area contributed by atoms with Crippen molar-refractivity contribution in [3.63, 3.8) is 0 Å². The van der Waals surface area contributed by atoms with Crippen LogP contribution in [-0.2, 0) is 6.54 Å². The van der Waals surface area contributed by atoms with E-state index in [2.05, 4.69) is 20.9 Å². The zero-order valence-corrected chi connectivity index (χ0v) is 31.8. The molecule has 4 nitrogen and oxygen atoms in total. The van der Waals surface area contributed by atoms with Gasteiger partial charge in [-0.2, -0.15) is 4.57 Å². The third-order valence-corrected chi connectivity index (χ3v) is 9.87. The standard InChI is InChI=1S/C24BF20.C14H12BrN2O2/c26-5-1(6(27)14(35)21(42)13(5)34)25(2-7(28)15(36)22(43)16(37)8(2)29,3-9(30)17(38)23(44)18(39)10(3)31)4-11(32)19(40)24(45)20(41)12(4)33;15-8-13(18)12-9-16-6-7-17(12)10-14(19)11-4-2-1-3-5-11/h;1-7,9H,8,10H2/q-1;+1. The minimum atomic E-state index is -7.22.